The second-order valence-corrected chi connectivity index (χ2v) is 7.28. The highest BCUT2D eigenvalue weighted by molar-refractivity contribution is 7.15. The molecule has 3 aromatic heterocycles. The number of aromatic amines is 1. The van der Waals surface area contributed by atoms with Crippen LogP contribution in [0.2, 0.25) is 0 Å². The van der Waals surface area contributed by atoms with Crippen molar-refractivity contribution in [3.63, 3.8) is 0 Å². The maximum absolute atomic E-state index is 11.9. The highest BCUT2D eigenvalue weighted by Gasteiger charge is 2.09. The van der Waals surface area contributed by atoms with Gasteiger partial charge in [0.2, 0.25) is 0 Å². The second-order valence-electron chi connectivity index (χ2n) is 6.11. The van der Waals surface area contributed by atoms with Crippen LogP contribution in [0.1, 0.15) is 29.5 Å². The minimum absolute atomic E-state index is 0.0279. The zero-order chi connectivity index (χ0) is 17.6. The Labute approximate surface area is 151 Å². The third-order valence-electron chi connectivity index (χ3n) is 4.25. The lowest BCUT2D eigenvalue weighted by Gasteiger charge is -2.06. The van der Waals surface area contributed by atoms with Crippen LogP contribution in [0, 0.1) is 6.92 Å². The van der Waals surface area contributed by atoms with Crippen LogP contribution in [0.5, 0.6) is 0 Å². The predicted molar refractivity (Wildman–Crippen MR) is 103 cm³/mol. The van der Waals surface area contributed by atoms with E-state index in [1.54, 1.807) is 11.3 Å². The summed E-state index contributed by atoms with van der Waals surface area (Å²) in [4.78, 5) is 21.4. The molecule has 5 nitrogen and oxygen atoms in total. The molecule has 0 atom stereocenters. The fraction of sp³-hybridized carbons (Fsp3) is 0.368. The lowest BCUT2D eigenvalue weighted by molar-refractivity contribution is 0.583. The van der Waals surface area contributed by atoms with Gasteiger partial charge in [-0.25, -0.2) is 4.98 Å². The molecule has 6 heteroatoms. The molecule has 0 aliphatic heterocycles. The number of hydrogen-bond acceptors (Lipinski definition) is 4. The van der Waals surface area contributed by atoms with Crippen LogP contribution >= 0.6 is 11.3 Å². The van der Waals surface area contributed by atoms with Crippen LogP contribution in [0.25, 0.3) is 10.4 Å². The molecule has 132 valence electrons. The summed E-state index contributed by atoms with van der Waals surface area (Å²) < 4.78 is 2.09. The largest absolute Gasteiger partial charge is 0.337 e. The van der Waals surface area contributed by atoms with E-state index in [-0.39, 0.29) is 5.56 Å². The van der Waals surface area contributed by atoms with Crippen molar-refractivity contribution in [1.82, 2.24) is 19.9 Å². The van der Waals surface area contributed by atoms with Gasteiger partial charge in [0.05, 0.1) is 6.33 Å². The number of nitrogens with one attached hydrogen (secondary N) is 2. The van der Waals surface area contributed by atoms with Crippen molar-refractivity contribution in [2.75, 3.05) is 6.54 Å². The van der Waals surface area contributed by atoms with Gasteiger partial charge in [-0.05, 0) is 44.5 Å². The number of aryl methyl sites for hydroxylation is 3. The maximum Gasteiger partial charge on any atom is 0.251 e. The van der Waals surface area contributed by atoms with Gasteiger partial charge in [0.25, 0.3) is 5.56 Å². The molecular weight excluding hydrogens is 332 g/mol. The van der Waals surface area contributed by atoms with Crippen molar-refractivity contribution in [2.24, 2.45) is 0 Å². The second kappa shape index (κ2) is 8.27. The van der Waals surface area contributed by atoms with Gasteiger partial charge in [-0.3, -0.25) is 4.79 Å². The number of aromatic nitrogens is 3. The third-order valence-corrected chi connectivity index (χ3v) is 5.37. The van der Waals surface area contributed by atoms with Gasteiger partial charge >= 0.3 is 0 Å². The lowest BCUT2D eigenvalue weighted by Crippen LogP contribution is -2.15. The summed E-state index contributed by atoms with van der Waals surface area (Å²) in [7, 11) is 0. The van der Waals surface area contributed by atoms with Gasteiger partial charge in [-0.15, -0.1) is 11.3 Å². The number of nitrogens with zero attached hydrogens (tertiary/aromatic N) is 2. The molecule has 0 aliphatic rings. The topological polar surface area (TPSA) is 62.7 Å². The van der Waals surface area contributed by atoms with E-state index >= 15 is 0 Å². The fourth-order valence-corrected chi connectivity index (χ4v) is 3.87. The summed E-state index contributed by atoms with van der Waals surface area (Å²) in [6.07, 6.45) is 7.47. The molecule has 0 amide bonds. The minimum Gasteiger partial charge on any atom is -0.337 e. The molecule has 0 fully saturated rings. The molecule has 2 N–H and O–H groups in total. The molecule has 25 heavy (non-hydrogen) atoms. The molecular formula is C19H24N4OS. The molecule has 0 aromatic carbocycles. The number of imidazole rings is 1. The smallest absolute Gasteiger partial charge is 0.251 e. The average Bonchev–Trinajstić information content (AvgIpc) is 3.26. The van der Waals surface area contributed by atoms with Crippen LogP contribution in [-0.4, -0.2) is 21.1 Å². The highest BCUT2D eigenvalue weighted by Crippen LogP contribution is 2.29. The van der Waals surface area contributed by atoms with Crippen molar-refractivity contribution in [1.29, 1.82) is 0 Å². The average molecular weight is 356 g/mol. The minimum atomic E-state index is 0.0279. The molecule has 0 unspecified atom stereocenters. The van der Waals surface area contributed by atoms with Crippen LogP contribution in [0.4, 0.5) is 0 Å². The van der Waals surface area contributed by atoms with Crippen LogP contribution in [0.15, 0.2) is 41.7 Å². The number of rotatable bonds is 8. The molecule has 0 saturated heterocycles. The summed E-state index contributed by atoms with van der Waals surface area (Å²) in [5.74, 6) is 0. The summed E-state index contributed by atoms with van der Waals surface area (Å²) in [6.45, 7) is 6.81. The van der Waals surface area contributed by atoms with Crippen molar-refractivity contribution in [3.05, 3.63) is 63.4 Å². The molecule has 3 rings (SSSR count). The molecule has 0 radical (unpaired) electrons. The van der Waals surface area contributed by atoms with Gasteiger partial charge < -0.3 is 14.9 Å². The van der Waals surface area contributed by atoms with E-state index in [1.165, 1.54) is 9.75 Å². The lowest BCUT2D eigenvalue weighted by atomic mass is 10.1. The summed E-state index contributed by atoms with van der Waals surface area (Å²) in [5.41, 5.74) is 2.94. The zero-order valence-corrected chi connectivity index (χ0v) is 15.5. The summed E-state index contributed by atoms with van der Waals surface area (Å²) in [6, 6.07) is 6.34. The molecule has 0 saturated carbocycles. The molecule has 0 spiro atoms. The quantitative estimate of drug-likeness (QED) is 0.609. The molecule has 3 aromatic rings. The Morgan fingerprint density at radius 2 is 2.24 bits per heavy atom. The van der Waals surface area contributed by atoms with Crippen LogP contribution in [-0.2, 0) is 19.5 Å². The zero-order valence-electron chi connectivity index (χ0n) is 14.7. The normalized spacial score (nSPS) is 11.1. The number of H-pyrrole nitrogens is 1. The first kappa shape index (κ1) is 17.6. The summed E-state index contributed by atoms with van der Waals surface area (Å²) in [5, 5.41) is 3.49. The standard InChI is InChI=1S/C19H24N4OS/c1-3-15-11-17(14(2)22-19(15)24)18-6-5-16(25-18)12-20-7-4-9-23-10-8-21-13-23/h5-6,8,10-11,13,20H,3-4,7,9,12H2,1-2H3,(H,22,24). The SMILES string of the molecule is CCc1cc(-c2ccc(CNCCCn3ccnc3)s2)c(C)[nH]c1=O. The van der Waals surface area contributed by atoms with Gasteiger partial charge in [0.1, 0.15) is 0 Å². The van der Waals surface area contributed by atoms with Crippen LogP contribution in [0.3, 0.4) is 0 Å². The number of hydrogen-bond donors (Lipinski definition) is 2. The fourth-order valence-electron chi connectivity index (χ4n) is 2.82. The number of pyridine rings is 1. The Kier molecular flexibility index (Phi) is 5.83. The highest BCUT2D eigenvalue weighted by atomic mass is 32.1. The van der Waals surface area contributed by atoms with E-state index in [9.17, 15) is 4.79 Å². The summed E-state index contributed by atoms with van der Waals surface area (Å²) >= 11 is 1.78. The third kappa shape index (κ3) is 4.46. The van der Waals surface area contributed by atoms with E-state index in [0.717, 1.165) is 49.3 Å². The maximum atomic E-state index is 11.9. The van der Waals surface area contributed by atoms with E-state index in [2.05, 4.69) is 32.0 Å². The Morgan fingerprint density at radius 1 is 1.36 bits per heavy atom. The van der Waals surface area contributed by atoms with Crippen molar-refractivity contribution in [3.8, 4) is 10.4 Å². The predicted octanol–water partition coefficient (Wildman–Crippen LogP) is 3.35. The molecule has 3 heterocycles. The van der Waals surface area contributed by atoms with E-state index < -0.39 is 0 Å². The first-order valence-electron chi connectivity index (χ1n) is 8.65. The first-order chi connectivity index (χ1) is 12.2. The van der Waals surface area contributed by atoms with Crippen LogP contribution < -0.4 is 10.9 Å². The van der Waals surface area contributed by atoms with E-state index in [4.69, 9.17) is 0 Å². The van der Waals surface area contributed by atoms with Crippen molar-refractivity contribution in [2.45, 2.75) is 39.8 Å². The Hall–Kier alpha value is -2.18. The van der Waals surface area contributed by atoms with Gasteiger partial charge in [-0.1, -0.05) is 6.92 Å². The van der Waals surface area contributed by atoms with E-state index in [1.807, 2.05) is 38.6 Å². The van der Waals surface area contributed by atoms with Crippen molar-refractivity contribution >= 4 is 11.3 Å². The van der Waals surface area contributed by atoms with Gasteiger partial charge in [0, 0.05) is 52.1 Å². The molecule has 0 bridgehead atoms. The Balaban J connectivity index is 1.56. The Bertz CT molecular complexity index is 864. The van der Waals surface area contributed by atoms with Gasteiger partial charge in [-0.2, -0.15) is 0 Å². The first-order valence-corrected chi connectivity index (χ1v) is 9.47. The monoisotopic (exact) mass is 356 g/mol. The Morgan fingerprint density at radius 3 is 3.00 bits per heavy atom. The van der Waals surface area contributed by atoms with Crippen molar-refractivity contribution < 1.29 is 0 Å². The molecule has 0 aliphatic carbocycles. The van der Waals surface area contributed by atoms with E-state index in [0.29, 0.717) is 0 Å². The number of thiophene rings is 1. The van der Waals surface area contributed by atoms with Gasteiger partial charge in [0.15, 0.2) is 0 Å².